The van der Waals surface area contributed by atoms with Crippen LogP contribution in [0.1, 0.15) is 162 Å². The van der Waals surface area contributed by atoms with Gasteiger partial charge in [0.2, 0.25) is 5.91 Å². The first-order valence-electron chi connectivity index (χ1n) is 19.2. The van der Waals surface area contributed by atoms with Gasteiger partial charge in [0.05, 0.1) is 39.9 Å². The van der Waals surface area contributed by atoms with Crippen LogP contribution in [-0.2, 0) is 18.4 Å². The zero-order chi connectivity index (χ0) is 35.1. The molecule has 0 saturated heterocycles. The average molecular weight is 688 g/mol. The molecule has 0 bridgehead atoms. The predicted octanol–water partition coefficient (Wildman–Crippen LogP) is 9.80. The van der Waals surface area contributed by atoms with Crippen molar-refractivity contribution in [1.29, 1.82) is 0 Å². The van der Waals surface area contributed by atoms with Crippen LogP contribution in [0.5, 0.6) is 0 Å². The molecule has 8 nitrogen and oxygen atoms in total. The van der Waals surface area contributed by atoms with Crippen molar-refractivity contribution in [3.8, 4) is 0 Å². The molecule has 47 heavy (non-hydrogen) atoms. The van der Waals surface area contributed by atoms with Gasteiger partial charge >= 0.3 is 7.82 Å². The fourth-order valence-corrected chi connectivity index (χ4v) is 6.00. The van der Waals surface area contributed by atoms with Crippen molar-refractivity contribution < 1.29 is 32.9 Å². The summed E-state index contributed by atoms with van der Waals surface area (Å²) in [5.41, 5.74) is 0. The third-order valence-electron chi connectivity index (χ3n) is 8.42. The topological polar surface area (TPSA) is 105 Å². The zero-order valence-electron chi connectivity index (χ0n) is 31.3. The van der Waals surface area contributed by atoms with E-state index in [2.05, 4.69) is 43.5 Å². The van der Waals surface area contributed by atoms with Gasteiger partial charge in [-0.3, -0.25) is 13.8 Å². The number of unbranched alkanes of at least 4 members (excludes halogenated alkanes) is 17. The van der Waals surface area contributed by atoms with Crippen LogP contribution >= 0.6 is 7.82 Å². The second-order valence-corrected chi connectivity index (χ2v) is 15.7. The number of phosphoric ester groups is 1. The molecule has 0 saturated carbocycles. The molecule has 0 fully saturated rings. The molecule has 1 amide bonds. The molecule has 0 aromatic rings. The second kappa shape index (κ2) is 31.0. The summed E-state index contributed by atoms with van der Waals surface area (Å²) in [6.45, 7) is 4.80. The number of aliphatic hydroxyl groups is 1. The molecule has 3 atom stereocenters. The lowest BCUT2D eigenvalue weighted by Crippen LogP contribution is -2.46. The number of quaternary nitrogens is 1. The summed E-state index contributed by atoms with van der Waals surface area (Å²) < 4.78 is 23.5. The normalized spacial score (nSPS) is 15.0. The molecule has 0 radical (unpaired) electrons. The Morgan fingerprint density at radius 2 is 1.15 bits per heavy atom. The van der Waals surface area contributed by atoms with E-state index >= 15 is 0 Å². The van der Waals surface area contributed by atoms with Crippen LogP contribution in [0.15, 0.2) is 24.3 Å². The maximum absolute atomic E-state index is 12.8. The number of nitrogens with zero attached hydrogens (tertiary/aromatic N) is 1. The molecular formula is C38H76N2O6P+. The first-order valence-corrected chi connectivity index (χ1v) is 20.7. The van der Waals surface area contributed by atoms with Gasteiger partial charge in [-0.1, -0.05) is 115 Å². The van der Waals surface area contributed by atoms with E-state index in [1.165, 1.54) is 77.0 Å². The van der Waals surface area contributed by atoms with Gasteiger partial charge in [0.1, 0.15) is 13.2 Å². The first kappa shape index (κ1) is 46.0. The maximum Gasteiger partial charge on any atom is 0.472 e. The van der Waals surface area contributed by atoms with E-state index in [1.54, 1.807) is 0 Å². The van der Waals surface area contributed by atoms with Crippen LogP contribution in [0.25, 0.3) is 0 Å². The Balaban J connectivity index is 4.51. The smallest absolute Gasteiger partial charge is 0.391 e. The van der Waals surface area contributed by atoms with E-state index in [1.807, 2.05) is 21.1 Å². The van der Waals surface area contributed by atoms with Crippen LogP contribution in [0.2, 0.25) is 0 Å². The molecule has 0 aliphatic rings. The maximum atomic E-state index is 12.8. The number of nitrogens with one attached hydrogen (secondary N) is 1. The molecule has 0 aromatic heterocycles. The molecule has 3 N–H and O–H groups in total. The van der Waals surface area contributed by atoms with Gasteiger partial charge in [-0.2, -0.15) is 0 Å². The minimum absolute atomic E-state index is 0.0680. The summed E-state index contributed by atoms with van der Waals surface area (Å²) in [6, 6.07) is -0.776. The summed E-state index contributed by atoms with van der Waals surface area (Å²) in [6.07, 6.45) is 33.4. The van der Waals surface area contributed by atoms with Crippen LogP contribution in [-0.4, -0.2) is 73.4 Å². The Kier molecular flexibility index (Phi) is 30.3. The van der Waals surface area contributed by atoms with Gasteiger partial charge in [0.15, 0.2) is 0 Å². The Morgan fingerprint density at radius 3 is 1.64 bits per heavy atom. The number of amides is 1. The number of aliphatic hydroxyl groups excluding tert-OH is 1. The highest BCUT2D eigenvalue weighted by molar-refractivity contribution is 7.47. The van der Waals surface area contributed by atoms with Crippen molar-refractivity contribution in [1.82, 2.24) is 5.32 Å². The molecule has 278 valence electrons. The van der Waals surface area contributed by atoms with Gasteiger partial charge in [-0.25, -0.2) is 4.57 Å². The zero-order valence-corrected chi connectivity index (χ0v) is 32.2. The van der Waals surface area contributed by atoms with Crippen molar-refractivity contribution in [2.45, 2.75) is 174 Å². The van der Waals surface area contributed by atoms with E-state index in [0.29, 0.717) is 23.9 Å². The van der Waals surface area contributed by atoms with Gasteiger partial charge in [-0.15, -0.1) is 0 Å². The van der Waals surface area contributed by atoms with Gasteiger partial charge in [-0.05, 0) is 64.2 Å². The third-order valence-corrected chi connectivity index (χ3v) is 9.41. The Hall–Kier alpha value is -1.02. The lowest BCUT2D eigenvalue weighted by molar-refractivity contribution is -0.870. The number of carbonyl (C=O) groups is 1. The van der Waals surface area contributed by atoms with Crippen molar-refractivity contribution in [2.24, 2.45) is 0 Å². The van der Waals surface area contributed by atoms with Crippen LogP contribution in [0.3, 0.4) is 0 Å². The number of hydrogen-bond donors (Lipinski definition) is 3. The Labute approximate surface area is 290 Å². The second-order valence-electron chi connectivity index (χ2n) is 14.3. The monoisotopic (exact) mass is 688 g/mol. The molecule has 0 rings (SSSR count). The molecule has 0 aliphatic carbocycles. The SMILES string of the molecule is CCCCCCC/C=C/CCCCCCCC(=O)N[C@@H](COP(=O)(O)OCC[N+](C)(C)C)[C@H](O)CCCC/C=C/CCCCCCC. The minimum atomic E-state index is -4.31. The van der Waals surface area contributed by atoms with Crippen molar-refractivity contribution in [2.75, 3.05) is 40.9 Å². The van der Waals surface area contributed by atoms with E-state index < -0.39 is 20.0 Å². The first-order chi connectivity index (χ1) is 22.5. The quantitative estimate of drug-likeness (QED) is 0.0269. The van der Waals surface area contributed by atoms with E-state index in [0.717, 1.165) is 57.8 Å². The van der Waals surface area contributed by atoms with Crippen molar-refractivity contribution >= 4 is 13.7 Å². The standard InChI is InChI=1S/C38H75N2O6P/c1-6-8-10-12-14-16-18-19-20-22-24-26-28-30-32-38(42)39-36(35-46-47(43,44)45-34-33-40(3,4)5)37(41)31-29-27-25-23-21-17-15-13-11-9-7-2/h18-19,21,23,36-37,41H,6-17,20,22,24-35H2,1-5H3,(H-,39,42,43,44)/p+1/b19-18+,23-21+/t36-,37+/m0/s1. The summed E-state index contributed by atoms with van der Waals surface area (Å²) >= 11 is 0. The molecule has 0 aromatic carbocycles. The Morgan fingerprint density at radius 1 is 0.702 bits per heavy atom. The fourth-order valence-electron chi connectivity index (χ4n) is 5.27. The highest BCUT2D eigenvalue weighted by Gasteiger charge is 2.28. The number of phosphoric acid groups is 1. The Bertz CT molecular complexity index is 829. The highest BCUT2D eigenvalue weighted by Crippen LogP contribution is 2.43. The summed E-state index contributed by atoms with van der Waals surface area (Å²) in [4.78, 5) is 23.0. The van der Waals surface area contributed by atoms with Crippen molar-refractivity contribution in [3.63, 3.8) is 0 Å². The van der Waals surface area contributed by atoms with Crippen LogP contribution in [0.4, 0.5) is 0 Å². The van der Waals surface area contributed by atoms with Gasteiger partial charge in [0.25, 0.3) is 0 Å². The van der Waals surface area contributed by atoms with E-state index in [9.17, 15) is 19.4 Å². The number of carbonyl (C=O) groups excluding carboxylic acids is 1. The number of likely N-dealkylation sites (N-methyl/N-ethyl adjacent to an activating group) is 1. The fraction of sp³-hybridized carbons (Fsp3) is 0.868. The summed E-state index contributed by atoms with van der Waals surface area (Å²) in [5, 5.41) is 13.8. The molecular weight excluding hydrogens is 611 g/mol. The van der Waals surface area contributed by atoms with Gasteiger partial charge < -0.3 is 19.8 Å². The third kappa shape index (κ3) is 33.3. The van der Waals surface area contributed by atoms with E-state index in [-0.39, 0.29) is 19.1 Å². The lowest BCUT2D eigenvalue weighted by Gasteiger charge is -2.26. The average Bonchev–Trinajstić information content (AvgIpc) is 3.01. The molecule has 9 heteroatoms. The van der Waals surface area contributed by atoms with Gasteiger partial charge in [0, 0.05) is 6.42 Å². The van der Waals surface area contributed by atoms with Crippen molar-refractivity contribution in [3.05, 3.63) is 24.3 Å². The highest BCUT2D eigenvalue weighted by atomic mass is 31.2. The number of allylic oxidation sites excluding steroid dienone is 4. The lowest BCUT2D eigenvalue weighted by atomic mass is 10.0. The van der Waals surface area contributed by atoms with Crippen LogP contribution < -0.4 is 5.32 Å². The minimum Gasteiger partial charge on any atom is -0.391 e. The summed E-state index contributed by atoms with van der Waals surface area (Å²) in [5.74, 6) is -0.167. The van der Waals surface area contributed by atoms with Crippen LogP contribution in [0, 0.1) is 0 Å². The molecule has 1 unspecified atom stereocenters. The summed E-state index contributed by atoms with van der Waals surface area (Å²) in [7, 11) is 1.59. The van der Waals surface area contributed by atoms with E-state index in [4.69, 9.17) is 9.05 Å². The number of rotatable bonds is 34. The predicted molar refractivity (Wildman–Crippen MR) is 198 cm³/mol. The number of hydrogen-bond acceptors (Lipinski definition) is 5. The largest absolute Gasteiger partial charge is 0.472 e. The molecule has 0 spiro atoms. The molecule has 0 aliphatic heterocycles. The molecule has 0 heterocycles.